The minimum absolute atomic E-state index is 0.0136. The third-order valence-electron chi connectivity index (χ3n) is 7.20. The molecule has 2 aliphatic heterocycles. The molecule has 0 saturated carbocycles. The van der Waals surface area contributed by atoms with Gasteiger partial charge in [-0.25, -0.2) is 14.8 Å². The topological polar surface area (TPSA) is 91.3 Å². The van der Waals surface area contributed by atoms with E-state index in [1.165, 1.54) is 12.1 Å². The van der Waals surface area contributed by atoms with Gasteiger partial charge in [-0.05, 0) is 35.7 Å². The number of hydrazine groups is 1. The highest BCUT2D eigenvalue weighted by molar-refractivity contribution is 6.42. The predicted octanol–water partition coefficient (Wildman–Crippen LogP) is 3.60. The Morgan fingerprint density at radius 1 is 0.973 bits per heavy atom. The fourth-order valence-corrected chi connectivity index (χ4v) is 5.26. The van der Waals surface area contributed by atoms with Crippen LogP contribution in [0.15, 0.2) is 77.9 Å². The fourth-order valence-electron chi connectivity index (χ4n) is 5.26. The monoisotopic (exact) mass is 498 g/mol. The van der Waals surface area contributed by atoms with Gasteiger partial charge in [-0.1, -0.05) is 72.8 Å². The number of methoxy groups -OCH3 is 1. The van der Waals surface area contributed by atoms with Gasteiger partial charge in [0.25, 0.3) is 5.91 Å². The highest BCUT2D eigenvalue weighted by atomic mass is 16.5. The summed E-state index contributed by atoms with van der Waals surface area (Å²) in [6.45, 7) is 4.27. The van der Waals surface area contributed by atoms with Crippen molar-refractivity contribution in [3.63, 3.8) is 0 Å². The Morgan fingerprint density at radius 3 is 2.43 bits per heavy atom. The molecule has 0 aromatic heterocycles. The van der Waals surface area contributed by atoms with Crippen molar-refractivity contribution in [2.24, 2.45) is 5.10 Å². The van der Waals surface area contributed by atoms with Gasteiger partial charge in [0, 0.05) is 31.3 Å². The second-order valence-corrected chi connectivity index (χ2v) is 10.3. The SMILES string of the molecule is COC(=O)C1(Cc2ccccc2)CC(C(=O)N2C(=O)CC(C)(C)N2Cc2cccc3ccccc23)=NN1. The van der Waals surface area contributed by atoms with Gasteiger partial charge < -0.3 is 4.74 Å². The zero-order chi connectivity index (χ0) is 26.2. The Morgan fingerprint density at radius 2 is 1.68 bits per heavy atom. The number of ether oxygens (including phenoxy) is 1. The van der Waals surface area contributed by atoms with Crippen molar-refractivity contribution in [2.75, 3.05) is 7.11 Å². The normalized spacial score (nSPS) is 21.1. The van der Waals surface area contributed by atoms with Crippen LogP contribution in [0.25, 0.3) is 10.8 Å². The Labute approximate surface area is 215 Å². The summed E-state index contributed by atoms with van der Waals surface area (Å²) in [5.41, 5.74) is 3.11. The lowest BCUT2D eigenvalue weighted by molar-refractivity contribution is -0.155. The summed E-state index contributed by atoms with van der Waals surface area (Å²) in [4.78, 5) is 39.9. The fraction of sp³-hybridized carbons (Fsp3) is 0.310. The van der Waals surface area contributed by atoms with Crippen LogP contribution in [0.4, 0.5) is 0 Å². The number of esters is 1. The Hall–Kier alpha value is -4.04. The van der Waals surface area contributed by atoms with E-state index in [0.29, 0.717) is 13.0 Å². The van der Waals surface area contributed by atoms with Crippen LogP contribution in [-0.4, -0.2) is 51.7 Å². The minimum Gasteiger partial charge on any atom is -0.467 e. The molecule has 1 N–H and O–H groups in total. The molecule has 37 heavy (non-hydrogen) atoms. The molecule has 0 aliphatic carbocycles. The lowest BCUT2D eigenvalue weighted by atomic mass is 9.87. The molecule has 1 unspecified atom stereocenters. The summed E-state index contributed by atoms with van der Waals surface area (Å²) in [6.07, 6.45) is 0.496. The summed E-state index contributed by atoms with van der Waals surface area (Å²) in [7, 11) is 1.31. The molecule has 190 valence electrons. The number of benzene rings is 3. The van der Waals surface area contributed by atoms with Crippen molar-refractivity contribution in [2.45, 2.75) is 50.7 Å². The molecule has 3 aromatic rings. The summed E-state index contributed by atoms with van der Waals surface area (Å²) >= 11 is 0. The summed E-state index contributed by atoms with van der Waals surface area (Å²) in [5, 5.41) is 9.45. The number of nitrogens with one attached hydrogen (secondary N) is 1. The average Bonchev–Trinajstić information content (AvgIpc) is 3.42. The van der Waals surface area contributed by atoms with E-state index in [9.17, 15) is 14.4 Å². The van der Waals surface area contributed by atoms with Crippen molar-refractivity contribution < 1.29 is 19.1 Å². The molecule has 2 aliphatic rings. The molecule has 1 atom stereocenters. The molecule has 0 bridgehead atoms. The minimum atomic E-state index is -1.22. The number of carbonyl (C=O) groups excluding carboxylic acids is 3. The van der Waals surface area contributed by atoms with Gasteiger partial charge in [0.15, 0.2) is 5.54 Å². The standard InChI is InChI=1S/C29H30N4O4/c1-28(2)18-25(34)33(32(28)19-22-14-9-13-21-12-7-8-15-23(21)22)26(35)24-17-29(31-30-24,27(36)37-3)16-20-10-5-4-6-11-20/h4-15,31H,16-19H2,1-3H3. The lowest BCUT2D eigenvalue weighted by Gasteiger charge is -2.35. The predicted molar refractivity (Wildman–Crippen MR) is 140 cm³/mol. The number of fused-ring (bicyclic) bond motifs is 1. The number of amides is 2. The number of carbonyl (C=O) groups is 3. The van der Waals surface area contributed by atoms with E-state index in [4.69, 9.17) is 4.74 Å². The zero-order valence-electron chi connectivity index (χ0n) is 21.2. The number of hydrazone groups is 1. The third kappa shape index (κ3) is 4.49. The third-order valence-corrected chi connectivity index (χ3v) is 7.20. The number of nitrogens with zero attached hydrogens (tertiary/aromatic N) is 3. The van der Waals surface area contributed by atoms with Gasteiger partial charge in [-0.15, -0.1) is 0 Å². The van der Waals surface area contributed by atoms with Crippen LogP contribution in [-0.2, 0) is 32.1 Å². The van der Waals surface area contributed by atoms with Crippen molar-refractivity contribution in [1.82, 2.24) is 15.4 Å². The van der Waals surface area contributed by atoms with Gasteiger partial charge in [-0.2, -0.15) is 5.10 Å². The van der Waals surface area contributed by atoms with E-state index in [0.717, 1.165) is 21.9 Å². The molecular formula is C29H30N4O4. The van der Waals surface area contributed by atoms with Crippen LogP contribution in [0.3, 0.4) is 0 Å². The van der Waals surface area contributed by atoms with Crippen LogP contribution in [0.2, 0.25) is 0 Å². The molecule has 0 spiro atoms. The average molecular weight is 499 g/mol. The first kappa shape index (κ1) is 24.6. The van der Waals surface area contributed by atoms with Gasteiger partial charge in [-0.3, -0.25) is 15.0 Å². The van der Waals surface area contributed by atoms with E-state index in [2.05, 4.69) is 10.5 Å². The number of hydrogen-bond acceptors (Lipinski definition) is 7. The molecule has 0 radical (unpaired) electrons. The molecule has 3 aromatic carbocycles. The van der Waals surface area contributed by atoms with Crippen molar-refractivity contribution in [1.29, 1.82) is 0 Å². The van der Waals surface area contributed by atoms with E-state index in [1.807, 2.05) is 91.7 Å². The molecular weight excluding hydrogens is 468 g/mol. The molecule has 8 heteroatoms. The first-order chi connectivity index (χ1) is 17.7. The lowest BCUT2D eigenvalue weighted by Crippen LogP contribution is -2.53. The first-order valence-electron chi connectivity index (χ1n) is 12.3. The summed E-state index contributed by atoms with van der Waals surface area (Å²) in [5.74, 6) is -1.33. The first-order valence-corrected chi connectivity index (χ1v) is 12.3. The maximum Gasteiger partial charge on any atom is 0.333 e. The Kier molecular flexibility index (Phi) is 6.29. The summed E-state index contributed by atoms with van der Waals surface area (Å²) in [6, 6.07) is 23.6. The molecule has 2 heterocycles. The number of imide groups is 1. The van der Waals surface area contributed by atoms with E-state index in [-0.39, 0.29) is 24.5 Å². The van der Waals surface area contributed by atoms with E-state index < -0.39 is 23.0 Å². The van der Waals surface area contributed by atoms with Crippen LogP contribution in [0.1, 0.15) is 37.8 Å². The van der Waals surface area contributed by atoms with E-state index >= 15 is 0 Å². The maximum absolute atomic E-state index is 13.8. The van der Waals surface area contributed by atoms with Crippen LogP contribution >= 0.6 is 0 Å². The van der Waals surface area contributed by atoms with Crippen molar-refractivity contribution >= 4 is 34.3 Å². The molecule has 2 amide bonds. The van der Waals surface area contributed by atoms with Gasteiger partial charge >= 0.3 is 5.97 Å². The molecule has 5 rings (SSSR count). The largest absolute Gasteiger partial charge is 0.467 e. The zero-order valence-corrected chi connectivity index (χ0v) is 21.2. The van der Waals surface area contributed by atoms with Crippen molar-refractivity contribution in [3.05, 3.63) is 83.9 Å². The second-order valence-electron chi connectivity index (χ2n) is 10.3. The molecule has 1 fully saturated rings. The molecule has 8 nitrogen and oxygen atoms in total. The van der Waals surface area contributed by atoms with Gasteiger partial charge in [0.2, 0.25) is 5.91 Å². The molecule has 1 saturated heterocycles. The van der Waals surface area contributed by atoms with Crippen molar-refractivity contribution in [3.8, 4) is 0 Å². The van der Waals surface area contributed by atoms with Gasteiger partial charge in [0.05, 0.1) is 7.11 Å². The highest BCUT2D eigenvalue weighted by Crippen LogP contribution is 2.35. The Balaban J connectivity index is 1.43. The highest BCUT2D eigenvalue weighted by Gasteiger charge is 2.51. The maximum atomic E-state index is 13.8. The Bertz CT molecular complexity index is 1400. The van der Waals surface area contributed by atoms with Crippen LogP contribution in [0.5, 0.6) is 0 Å². The second kappa shape index (κ2) is 9.44. The number of rotatable bonds is 6. The van der Waals surface area contributed by atoms with Crippen LogP contribution in [0, 0.1) is 0 Å². The van der Waals surface area contributed by atoms with E-state index in [1.54, 1.807) is 0 Å². The number of hydrogen-bond donors (Lipinski definition) is 1. The quantitative estimate of drug-likeness (QED) is 0.413. The van der Waals surface area contributed by atoms with Gasteiger partial charge in [0.1, 0.15) is 5.71 Å². The summed E-state index contributed by atoms with van der Waals surface area (Å²) < 4.78 is 5.08. The smallest absolute Gasteiger partial charge is 0.333 e. The van der Waals surface area contributed by atoms with Crippen LogP contribution < -0.4 is 5.43 Å².